The highest BCUT2D eigenvalue weighted by Crippen LogP contribution is 2.23. The number of hydrogen-bond donors (Lipinski definition) is 0. The van der Waals surface area contributed by atoms with Crippen LogP contribution in [-0.4, -0.2) is 73.5 Å². The molecule has 132 valence electrons. The first-order valence-corrected chi connectivity index (χ1v) is 9.04. The molecule has 5 heteroatoms. The number of piperazine rings is 1. The number of carbonyl (C=O) groups excluding carboxylic acids is 1. The Morgan fingerprint density at radius 3 is 2.42 bits per heavy atom. The van der Waals surface area contributed by atoms with Crippen molar-refractivity contribution >= 4 is 5.91 Å². The molecule has 24 heavy (non-hydrogen) atoms. The Morgan fingerprint density at radius 1 is 1.08 bits per heavy atom. The lowest BCUT2D eigenvalue weighted by atomic mass is 9.90. The third-order valence-electron chi connectivity index (χ3n) is 5.39. The zero-order valence-electron chi connectivity index (χ0n) is 14.6. The van der Waals surface area contributed by atoms with E-state index in [0.717, 1.165) is 64.1 Å². The van der Waals surface area contributed by atoms with Gasteiger partial charge in [-0.25, -0.2) is 4.39 Å². The molecule has 2 aliphatic heterocycles. The Bertz CT molecular complexity index is 549. The number of rotatable bonds is 4. The molecular formula is C19H28FN3O. The van der Waals surface area contributed by atoms with Gasteiger partial charge in [0.05, 0.1) is 6.54 Å². The first-order chi connectivity index (χ1) is 11.6. The van der Waals surface area contributed by atoms with E-state index in [1.165, 1.54) is 0 Å². The quantitative estimate of drug-likeness (QED) is 0.841. The average Bonchev–Trinajstić information content (AvgIpc) is 2.59. The third-order valence-corrected chi connectivity index (χ3v) is 5.39. The Morgan fingerprint density at radius 2 is 1.75 bits per heavy atom. The largest absolute Gasteiger partial charge is 0.339 e. The summed E-state index contributed by atoms with van der Waals surface area (Å²) in [7, 11) is 2.10. The van der Waals surface area contributed by atoms with Crippen LogP contribution in [0.4, 0.5) is 4.39 Å². The van der Waals surface area contributed by atoms with Gasteiger partial charge >= 0.3 is 0 Å². The minimum absolute atomic E-state index is 0.0924. The van der Waals surface area contributed by atoms with Gasteiger partial charge in [-0.15, -0.1) is 0 Å². The summed E-state index contributed by atoms with van der Waals surface area (Å²) in [5.41, 5.74) is 0.824. The molecule has 1 aromatic rings. The van der Waals surface area contributed by atoms with Gasteiger partial charge < -0.3 is 9.80 Å². The van der Waals surface area contributed by atoms with Crippen molar-refractivity contribution in [3.63, 3.8) is 0 Å². The number of likely N-dealkylation sites (tertiary alicyclic amines) is 1. The number of halogens is 1. The summed E-state index contributed by atoms with van der Waals surface area (Å²) in [6.45, 7) is 6.05. The predicted octanol–water partition coefficient (Wildman–Crippen LogP) is 1.85. The van der Waals surface area contributed by atoms with Gasteiger partial charge in [0.25, 0.3) is 0 Å². The van der Waals surface area contributed by atoms with Gasteiger partial charge in [0.2, 0.25) is 5.91 Å². The van der Waals surface area contributed by atoms with Gasteiger partial charge in [-0.3, -0.25) is 9.69 Å². The van der Waals surface area contributed by atoms with Crippen LogP contribution in [-0.2, 0) is 11.2 Å². The smallest absolute Gasteiger partial charge is 0.236 e. The van der Waals surface area contributed by atoms with Gasteiger partial charge in [-0.2, -0.15) is 0 Å². The summed E-state index contributed by atoms with van der Waals surface area (Å²) >= 11 is 0. The highest BCUT2D eigenvalue weighted by atomic mass is 19.1. The van der Waals surface area contributed by atoms with Gasteiger partial charge in [0.1, 0.15) is 5.82 Å². The SMILES string of the molecule is CN1CCN(C(=O)CN2CCC(Cc3ccccc3F)CC2)CC1. The fourth-order valence-corrected chi connectivity index (χ4v) is 3.67. The second kappa shape index (κ2) is 8.08. The molecule has 1 amide bonds. The van der Waals surface area contributed by atoms with E-state index >= 15 is 0 Å². The monoisotopic (exact) mass is 333 g/mol. The summed E-state index contributed by atoms with van der Waals surface area (Å²) in [6.07, 6.45) is 2.90. The standard InChI is InChI=1S/C19H28FN3O/c1-21-10-12-23(13-11-21)19(24)15-22-8-6-16(7-9-22)14-17-4-2-3-5-18(17)20/h2-5,16H,6-15H2,1H3. The van der Waals surface area contributed by atoms with Crippen LogP contribution >= 0.6 is 0 Å². The molecule has 0 atom stereocenters. The molecule has 0 saturated carbocycles. The minimum Gasteiger partial charge on any atom is -0.339 e. The maximum absolute atomic E-state index is 13.8. The molecule has 2 saturated heterocycles. The summed E-state index contributed by atoms with van der Waals surface area (Å²) < 4.78 is 13.8. The lowest BCUT2D eigenvalue weighted by Crippen LogP contribution is -2.50. The minimum atomic E-state index is -0.0924. The number of piperidine rings is 1. The van der Waals surface area contributed by atoms with Crippen LogP contribution in [0, 0.1) is 11.7 Å². The molecular weight excluding hydrogens is 305 g/mol. The molecule has 2 heterocycles. The van der Waals surface area contributed by atoms with Crippen LogP contribution in [0.25, 0.3) is 0 Å². The zero-order valence-corrected chi connectivity index (χ0v) is 14.6. The Labute approximate surface area is 144 Å². The van der Waals surface area contributed by atoms with Gasteiger partial charge in [0.15, 0.2) is 0 Å². The molecule has 0 unspecified atom stereocenters. The Balaban J connectivity index is 1.42. The van der Waals surface area contributed by atoms with Crippen molar-refractivity contribution in [1.82, 2.24) is 14.7 Å². The van der Waals surface area contributed by atoms with Crippen LogP contribution in [0.15, 0.2) is 24.3 Å². The van der Waals surface area contributed by atoms with E-state index in [2.05, 4.69) is 16.8 Å². The van der Waals surface area contributed by atoms with Gasteiger partial charge in [0, 0.05) is 26.2 Å². The van der Waals surface area contributed by atoms with Crippen molar-refractivity contribution < 1.29 is 9.18 Å². The highest BCUT2D eigenvalue weighted by molar-refractivity contribution is 5.78. The topological polar surface area (TPSA) is 26.8 Å². The first kappa shape index (κ1) is 17.4. The molecule has 4 nitrogen and oxygen atoms in total. The number of carbonyl (C=O) groups is 1. The van der Waals surface area contributed by atoms with E-state index in [1.807, 2.05) is 17.0 Å². The third kappa shape index (κ3) is 4.54. The molecule has 0 bridgehead atoms. The maximum Gasteiger partial charge on any atom is 0.236 e. The second-order valence-corrected chi connectivity index (χ2v) is 7.20. The molecule has 1 aromatic carbocycles. The van der Waals surface area contributed by atoms with Crippen molar-refractivity contribution in [2.45, 2.75) is 19.3 Å². The van der Waals surface area contributed by atoms with Crippen LogP contribution in [0.5, 0.6) is 0 Å². The second-order valence-electron chi connectivity index (χ2n) is 7.20. The number of likely N-dealkylation sites (N-methyl/N-ethyl adjacent to an activating group) is 1. The summed E-state index contributed by atoms with van der Waals surface area (Å²) in [4.78, 5) is 18.9. The van der Waals surface area contributed by atoms with Crippen molar-refractivity contribution in [3.8, 4) is 0 Å². The fraction of sp³-hybridized carbons (Fsp3) is 0.632. The molecule has 3 rings (SSSR count). The van der Waals surface area contributed by atoms with Gasteiger partial charge in [-0.05, 0) is 56.9 Å². The predicted molar refractivity (Wildman–Crippen MR) is 93.3 cm³/mol. The van der Waals surface area contributed by atoms with E-state index < -0.39 is 0 Å². The lowest BCUT2D eigenvalue weighted by molar-refractivity contribution is -0.134. The van der Waals surface area contributed by atoms with E-state index in [-0.39, 0.29) is 11.7 Å². The summed E-state index contributed by atoms with van der Waals surface area (Å²) in [5.74, 6) is 0.692. The molecule has 0 aromatic heterocycles. The Hall–Kier alpha value is -1.46. The van der Waals surface area contributed by atoms with Crippen molar-refractivity contribution in [3.05, 3.63) is 35.6 Å². The zero-order chi connectivity index (χ0) is 16.9. The van der Waals surface area contributed by atoms with Gasteiger partial charge in [-0.1, -0.05) is 18.2 Å². The maximum atomic E-state index is 13.8. The van der Waals surface area contributed by atoms with Crippen molar-refractivity contribution in [2.75, 3.05) is 52.9 Å². The molecule has 2 aliphatic rings. The highest BCUT2D eigenvalue weighted by Gasteiger charge is 2.25. The molecule has 2 fully saturated rings. The van der Waals surface area contributed by atoms with E-state index in [0.29, 0.717) is 12.5 Å². The number of nitrogens with zero attached hydrogens (tertiary/aromatic N) is 3. The number of hydrogen-bond acceptors (Lipinski definition) is 3. The van der Waals surface area contributed by atoms with Crippen molar-refractivity contribution in [1.29, 1.82) is 0 Å². The molecule has 0 aliphatic carbocycles. The van der Waals surface area contributed by atoms with E-state index in [4.69, 9.17) is 0 Å². The first-order valence-electron chi connectivity index (χ1n) is 9.04. The lowest BCUT2D eigenvalue weighted by Gasteiger charge is -2.36. The number of benzene rings is 1. The van der Waals surface area contributed by atoms with Crippen LogP contribution < -0.4 is 0 Å². The summed E-state index contributed by atoms with van der Waals surface area (Å²) in [5, 5.41) is 0. The van der Waals surface area contributed by atoms with Crippen molar-refractivity contribution in [2.24, 2.45) is 5.92 Å². The normalized spacial score (nSPS) is 21.2. The molecule has 0 N–H and O–H groups in total. The Kier molecular flexibility index (Phi) is 5.85. The number of amides is 1. The fourth-order valence-electron chi connectivity index (χ4n) is 3.67. The van der Waals surface area contributed by atoms with Crippen LogP contribution in [0.3, 0.4) is 0 Å². The van der Waals surface area contributed by atoms with Crippen LogP contribution in [0.1, 0.15) is 18.4 Å². The molecule has 0 spiro atoms. The van der Waals surface area contributed by atoms with E-state index in [1.54, 1.807) is 12.1 Å². The summed E-state index contributed by atoms with van der Waals surface area (Å²) in [6, 6.07) is 7.07. The molecule has 0 radical (unpaired) electrons. The van der Waals surface area contributed by atoms with E-state index in [9.17, 15) is 9.18 Å². The van der Waals surface area contributed by atoms with Crippen LogP contribution in [0.2, 0.25) is 0 Å². The average molecular weight is 333 g/mol.